The summed E-state index contributed by atoms with van der Waals surface area (Å²) in [4.78, 5) is 0. The van der Waals surface area contributed by atoms with Crippen molar-refractivity contribution in [2.24, 2.45) is 5.92 Å². The highest BCUT2D eigenvalue weighted by Crippen LogP contribution is 2.26. The van der Waals surface area contributed by atoms with Crippen LogP contribution in [0.25, 0.3) is 0 Å². The number of hydrogen-bond donors (Lipinski definition) is 1. The Bertz CT molecular complexity index is 120. The fraction of sp³-hybridized carbons (Fsp3) is 1.00. The predicted octanol–water partition coefficient (Wildman–Crippen LogP) is 1.75. The molecule has 1 saturated heterocycles. The minimum Gasteiger partial charge on any atom is -0.377 e. The van der Waals surface area contributed by atoms with Crippen molar-refractivity contribution in [1.82, 2.24) is 5.32 Å². The second kappa shape index (κ2) is 6.68. The van der Waals surface area contributed by atoms with Crippen LogP contribution < -0.4 is 5.32 Å². The molecule has 78 valence electrons. The molecule has 0 aliphatic carbocycles. The lowest BCUT2D eigenvalue weighted by atomic mass is 9.98. The third-order valence-electron chi connectivity index (χ3n) is 2.51. The van der Waals surface area contributed by atoms with Crippen LogP contribution >= 0.6 is 11.8 Å². The van der Waals surface area contributed by atoms with Crippen molar-refractivity contribution in [2.75, 3.05) is 31.7 Å². The molecule has 0 spiro atoms. The molecule has 1 aliphatic heterocycles. The number of rotatable bonds is 5. The summed E-state index contributed by atoms with van der Waals surface area (Å²) in [6.45, 7) is 3.92. The molecule has 0 aromatic carbocycles. The van der Waals surface area contributed by atoms with Gasteiger partial charge in [-0.25, -0.2) is 0 Å². The van der Waals surface area contributed by atoms with Gasteiger partial charge in [-0.1, -0.05) is 0 Å². The van der Waals surface area contributed by atoms with Gasteiger partial charge in [0, 0.05) is 13.2 Å². The van der Waals surface area contributed by atoms with E-state index in [1.807, 2.05) is 7.05 Å². The Morgan fingerprint density at radius 1 is 1.62 bits per heavy atom. The Morgan fingerprint density at radius 2 is 2.46 bits per heavy atom. The molecule has 2 atom stereocenters. The maximum atomic E-state index is 5.75. The Morgan fingerprint density at radius 3 is 3.00 bits per heavy atom. The van der Waals surface area contributed by atoms with Crippen LogP contribution in [-0.4, -0.2) is 37.8 Å². The summed E-state index contributed by atoms with van der Waals surface area (Å²) >= 11 is 2.08. The zero-order chi connectivity index (χ0) is 9.52. The zero-order valence-electron chi connectivity index (χ0n) is 8.71. The summed E-state index contributed by atoms with van der Waals surface area (Å²) in [6.07, 6.45) is 3.14. The van der Waals surface area contributed by atoms with Crippen LogP contribution in [0.1, 0.15) is 19.8 Å². The van der Waals surface area contributed by atoms with Gasteiger partial charge in [0.15, 0.2) is 0 Å². The molecule has 0 radical (unpaired) electrons. The van der Waals surface area contributed by atoms with Crippen LogP contribution in [0.5, 0.6) is 0 Å². The summed E-state index contributed by atoms with van der Waals surface area (Å²) in [5.41, 5.74) is 0. The van der Waals surface area contributed by atoms with E-state index in [4.69, 9.17) is 4.74 Å². The van der Waals surface area contributed by atoms with Gasteiger partial charge in [-0.05, 0) is 44.2 Å². The minimum atomic E-state index is 0.433. The monoisotopic (exact) mass is 203 g/mol. The molecule has 1 N–H and O–H groups in total. The number of thioether (sulfide) groups is 1. The van der Waals surface area contributed by atoms with Crippen molar-refractivity contribution >= 4 is 11.8 Å². The first-order chi connectivity index (χ1) is 6.38. The molecule has 0 bridgehead atoms. The van der Waals surface area contributed by atoms with E-state index < -0.39 is 0 Å². The quantitative estimate of drug-likeness (QED) is 0.735. The van der Waals surface area contributed by atoms with Crippen molar-refractivity contribution in [2.45, 2.75) is 25.9 Å². The van der Waals surface area contributed by atoms with E-state index in [1.54, 1.807) is 0 Å². The number of nitrogens with one attached hydrogen (secondary N) is 1. The normalized spacial score (nSPS) is 25.8. The van der Waals surface area contributed by atoms with Crippen LogP contribution in [0.2, 0.25) is 0 Å². The van der Waals surface area contributed by atoms with Gasteiger partial charge in [0.25, 0.3) is 0 Å². The minimum absolute atomic E-state index is 0.433. The Labute approximate surface area is 85.8 Å². The first kappa shape index (κ1) is 11.3. The van der Waals surface area contributed by atoms with E-state index in [1.165, 1.54) is 24.3 Å². The van der Waals surface area contributed by atoms with Gasteiger partial charge in [0.1, 0.15) is 0 Å². The molecular formula is C10H21NOS. The number of hydrogen-bond acceptors (Lipinski definition) is 3. The van der Waals surface area contributed by atoms with E-state index in [0.29, 0.717) is 6.10 Å². The SMILES string of the molecule is CCOC(CNC)C1CCCSC1. The molecule has 13 heavy (non-hydrogen) atoms. The molecule has 0 saturated carbocycles. The van der Waals surface area contributed by atoms with Gasteiger partial charge in [-0.2, -0.15) is 11.8 Å². The van der Waals surface area contributed by atoms with Crippen LogP contribution in [0, 0.1) is 5.92 Å². The highest BCUT2D eigenvalue weighted by Gasteiger charge is 2.23. The highest BCUT2D eigenvalue weighted by molar-refractivity contribution is 7.99. The van der Waals surface area contributed by atoms with Gasteiger partial charge in [0.2, 0.25) is 0 Å². The van der Waals surface area contributed by atoms with E-state index in [0.717, 1.165) is 19.1 Å². The lowest BCUT2D eigenvalue weighted by molar-refractivity contribution is 0.0250. The fourth-order valence-corrected chi connectivity index (χ4v) is 3.06. The summed E-state index contributed by atoms with van der Waals surface area (Å²) in [7, 11) is 2.00. The van der Waals surface area contributed by atoms with Crippen molar-refractivity contribution in [3.05, 3.63) is 0 Å². The van der Waals surface area contributed by atoms with Gasteiger partial charge in [-0.15, -0.1) is 0 Å². The summed E-state index contributed by atoms with van der Waals surface area (Å²) in [5, 5.41) is 3.22. The maximum Gasteiger partial charge on any atom is 0.0735 e. The smallest absolute Gasteiger partial charge is 0.0735 e. The summed E-state index contributed by atoms with van der Waals surface area (Å²) in [5.74, 6) is 3.40. The predicted molar refractivity (Wildman–Crippen MR) is 59.4 cm³/mol. The molecule has 0 aromatic heterocycles. The molecule has 1 rings (SSSR count). The summed E-state index contributed by atoms with van der Waals surface area (Å²) in [6, 6.07) is 0. The van der Waals surface area contributed by atoms with Crippen molar-refractivity contribution in [3.8, 4) is 0 Å². The lowest BCUT2D eigenvalue weighted by Crippen LogP contribution is -2.36. The number of ether oxygens (including phenoxy) is 1. The lowest BCUT2D eigenvalue weighted by Gasteiger charge is -2.29. The standard InChI is InChI=1S/C10H21NOS/c1-3-12-10(7-11-2)9-5-4-6-13-8-9/h9-11H,3-8H2,1-2H3. The zero-order valence-corrected chi connectivity index (χ0v) is 9.53. The molecule has 1 fully saturated rings. The molecule has 1 heterocycles. The first-order valence-corrected chi connectivity index (χ1v) is 6.38. The molecule has 0 aromatic rings. The molecular weight excluding hydrogens is 182 g/mol. The third-order valence-corrected chi connectivity index (χ3v) is 3.75. The molecule has 0 amide bonds. The molecule has 3 heteroatoms. The van der Waals surface area contributed by atoms with E-state index >= 15 is 0 Å². The van der Waals surface area contributed by atoms with E-state index in [9.17, 15) is 0 Å². The summed E-state index contributed by atoms with van der Waals surface area (Å²) < 4.78 is 5.75. The van der Waals surface area contributed by atoms with Crippen LogP contribution in [0.15, 0.2) is 0 Å². The van der Waals surface area contributed by atoms with Crippen molar-refractivity contribution < 1.29 is 4.74 Å². The maximum absolute atomic E-state index is 5.75. The van der Waals surface area contributed by atoms with Gasteiger partial charge in [0.05, 0.1) is 6.10 Å². The average molecular weight is 203 g/mol. The third kappa shape index (κ3) is 3.88. The Kier molecular flexibility index (Phi) is 5.83. The van der Waals surface area contributed by atoms with Crippen molar-refractivity contribution in [3.63, 3.8) is 0 Å². The highest BCUT2D eigenvalue weighted by atomic mass is 32.2. The Balaban J connectivity index is 2.32. The molecule has 1 aliphatic rings. The number of likely N-dealkylation sites (N-methyl/N-ethyl adjacent to an activating group) is 1. The fourth-order valence-electron chi connectivity index (χ4n) is 1.84. The Hall–Kier alpha value is 0.270. The van der Waals surface area contributed by atoms with Gasteiger partial charge >= 0.3 is 0 Å². The van der Waals surface area contributed by atoms with Gasteiger partial charge in [-0.3, -0.25) is 0 Å². The first-order valence-electron chi connectivity index (χ1n) is 5.22. The molecule has 2 unspecified atom stereocenters. The van der Waals surface area contributed by atoms with Gasteiger partial charge < -0.3 is 10.1 Å². The second-order valence-corrected chi connectivity index (χ2v) is 4.68. The van der Waals surface area contributed by atoms with Crippen LogP contribution in [0.3, 0.4) is 0 Å². The van der Waals surface area contributed by atoms with Crippen LogP contribution in [0.4, 0.5) is 0 Å². The van der Waals surface area contributed by atoms with Crippen LogP contribution in [-0.2, 0) is 4.74 Å². The van der Waals surface area contributed by atoms with E-state index in [2.05, 4.69) is 24.0 Å². The molecule has 2 nitrogen and oxygen atoms in total. The second-order valence-electron chi connectivity index (χ2n) is 3.53. The largest absolute Gasteiger partial charge is 0.377 e. The average Bonchev–Trinajstić information content (AvgIpc) is 2.19. The topological polar surface area (TPSA) is 21.3 Å². The van der Waals surface area contributed by atoms with E-state index in [-0.39, 0.29) is 0 Å². The van der Waals surface area contributed by atoms with Crippen molar-refractivity contribution in [1.29, 1.82) is 0 Å².